The maximum atomic E-state index is 12.6. The zero-order chi connectivity index (χ0) is 48.6. The molecule has 0 amide bonds. The Morgan fingerprint density at radius 2 is 0.582 bits per heavy atom. The predicted molar refractivity (Wildman–Crippen MR) is 288 cm³/mol. The summed E-state index contributed by atoms with van der Waals surface area (Å²) in [5, 5.41) is 0. The Morgan fingerprint density at radius 1 is 0.313 bits per heavy atom. The molecule has 0 aliphatic rings. The van der Waals surface area contributed by atoms with Crippen molar-refractivity contribution in [3.05, 3.63) is 97.2 Å². The summed E-state index contributed by atoms with van der Waals surface area (Å²) in [6, 6.07) is 0. The van der Waals surface area contributed by atoms with E-state index in [-0.39, 0.29) is 31.1 Å². The summed E-state index contributed by atoms with van der Waals surface area (Å²) in [5.41, 5.74) is 0. The molecular weight excluding hydrogens is 829 g/mol. The van der Waals surface area contributed by atoms with E-state index in [1.807, 2.05) is 0 Å². The minimum absolute atomic E-state index is 0.0758. The summed E-state index contributed by atoms with van der Waals surface area (Å²) in [7, 11) is 0. The van der Waals surface area contributed by atoms with Crippen molar-refractivity contribution in [1.29, 1.82) is 0 Å². The fourth-order valence-electron chi connectivity index (χ4n) is 7.46. The second-order valence-corrected chi connectivity index (χ2v) is 18.1. The highest BCUT2D eigenvalue weighted by Gasteiger charge is 2.19. The Bertz CT molecular complexity index is 1350. The van der Waals surface area contributed by atoms with E-state index in [2.05, 4.69) is 118 Å². The summed E-state index contributed by atoms with van der Waals surface area (Å²) in [6.07, 6.45) is 73.1. The largest absolute Gasteiger partial charge is 0.462 e. The van der Waals surface area contributed by atoms with E-state index in [0.29, 0.717) is 19.3 Å². The number of unbranched alkanes of at least 4 members (excludes halogenated alkanes) is 22. The lowest BCUT2D eigenvalue weighted by Gasteiger charge is -2.18. The SMILES string of the molecule is CC/C=C\C/C=C\C/C=C\C/C=C\C/C=C\C/C=C\C/C=C\C/C=C\CCCCCCCCCCCCC(=O)OCC(COC(=O)CCCCCCCCC)OC(=O)CCCCCCCCC. The Labute approximate surface area is 413 Å². The van der Waals surface area contributed by atoms with E-state index in [0.717, 1.165) is 109 Å². The van der Waals surface area contributed by atoms with Crippen molar-refractivity contribution in [2.45, 2.75) is 258 Å². The maximum absolute atomic E-state index is 12.6. The van der Waals surface area contributed by atoms with E-state index >= 15 is 0 Å². The van der Waals surface area contributed by atoms with Crippen LogP contribution in [0, 0.1) is 0 Å². The van der Waals surface area contributed by atoms with Gasteiger partial charge in [0.25, 0.3) is 0 Å². The normalized spacial score (nSPS) is 12.8. The van der Waals surface area contributed by atoms with Gasteiger partial charge in [-0.2, -0.15) is 0 Å². The van der Waals surface area contributed by atoms with E-state index < -0.39 is 6.10 Å². The zero-order valence-corrected chi connectivity index (χ0v) is 43.6. The standard InChI is InChI=1S/C61H102O6/c1-4-7-10-13-16-17-18-19-20-21-22-23-24-25-26-27-28-29-30-31-32-33-34-35-36-37-38-39-40-41-42-43-46-48-51-54-60(63)66-57-58(67-61(64)55-52-49-45-15-12-9-6-3)56-65-59(62)53-50-47-44-14-11-8-5-2/h7,10,16-17,19-20,22-23,25-26,28-29,31-32,34-35,58H,4-6,8-9,11-15,18,21,24,27,30,33,36-57H2,1-3H3/b10-7-,17-16-,20-19-,23-22-,26-25-,29-28-,32-31-,35-34-. The first kappa shape index (κ1) is 63.3. The molecule has 0 fully saturated rings. The minimum atomic E-state index is -0.770. The number of carbonyl (C=O) groups excluding carboxylic acids is 3. The average Bonchev–Trinajstić information content (AvgIpc) is 3.33. The first-order valence-corrected chi connectivity index (χ1v) is 27.7. The van der Waals surface area contributed by atoms with Crippen LogP contribution in [0.25, 0.3) is 0 Å². The molecule has 0 aromatic carbocycles. The van der Waals surface area contributed by atoms with Gasteiger partial charge in [0.2, 0.25) is 0 Å². The zero-order valence-electron chi connectivity index (χ0n) is 43.6. The van der Waals surface area contributed by atoms with Crippen LogP contribution in [-0.2, 0) is 28.6 Å². The van der Waals surface area contributed by atoms with E-state index in [1.165, 1.54) is 103 Å². The molecule has 1 atom stereocenters. The molecular formula is C61H102O6. The Kier molecular flexibility index (Phi) is 51.9. The number of rotatable bonds is 49. The first-order valence-electron chi connectivity index (χ1n) is 27.7. The van der Waals surface area contributed by atoms with E-state index in [1.54, 1.807) is 0 Å². The smallest absolute Gasteiger partial charge is 0.306 e. The number of esters is 3. The Morgan fingerprint density at radius 3 is 0.910 bits per heavy atom. The number of carbonyl (C=O) groups is 3. The molecule has 6 nitrogen and oxygen atoms in total. The average molecular weight is 931 g/mol. The van der Waals surface area contributed by atoms with Gasteiger partial charge in [0.05, 0.1) is 0 Å². The summed E-state index contributed by atoms with van der Waals surface area (Å²) in [4.78, 5) is 37.6. The van der Waals surface area contributed by atoms with Crippen molar-refractivity contribution in [2.75, 3.05) is 13.2 Å². The first-order chi connectivity index (χ1) is 33.0. The van der Waals surface area contributed by atoms with Crippen LogP contribution >= 0.6 is 0 Å². The molecule has 0 bridgehead atoms. The number of ether oxygens (including phenoxy) is 3. The molecule has 0 aromatic heterocycles. The van der Waals surface area contributed by atoms with Crippen molar-refractivity contribution < 1.29 is 28.6 Å². The van der Waals surface area contributed by atoms with Crippen molar-refractivity contribution >= 4 is 17.9 Å². The lowest BCUT2D eigenvalue weighted by molar-refractivity contribution is -0.167. The molecule has 0 heterocycles. The van der Waals surface area contributed by atoms with Crippen LogP contribution in [0.4, 0.5) is 0 Å². The fraction of sp³-hybridized carbons (Fsp3) is 0.689. The minimum Gasteiger partial charge on any atom is -0.462 e. The molecule has 0 aliphatic heterocycles. The van der Waals surface area contributed by atoms with Crippen LogP contribution in [0.1, 0.15) is 252 Å². The Balaban J connectivity index is 3.96. The molecule has 0 spiro atoms. The van der Waals surface area contributed by atoms with Crippen molar-refractivity contribution in [3.8, 4) is 0 Å². The van der Waals surface area contributed by atoms with Gasteiger partial charge in [-0.1, -0.05) is 246 Å². The van der Waals surface area contributed by atoms with Crippen LogP contribution in [0.15, 0.2) is 97.2 Å². The topological polar surface area (TPSA) is 78.9 Å². The van der Waals surface area contributed by atoms with Gasteiger partial charge in [-0.25, -0.2) is 0 Å². The van der Waals surface area contributed by atoms with Gasteiger partial charge in [0.1, 0.15) is 13.2 Å². The molecule has 67 heavy (non-hydrogen) atoms. The highest BCUT2D eigenvalue weighted by Crippen LogP contribution is 2.15. The van der Waals surface area contributed by atoms with E-state index in [4.69, 9.17) is 14.2 Å². The van der Waals surface area contributed by atoms with Crippen LogP contribution in [0.5, 0.6) is 0 Å². The molecule has 0 rings (SSSR count). The second kappa shape index (κ2) is 54.9. The van der Waals surface area contributed by atoms with Gasteiger partial charge < -0.3 is 14.2 Å². The number of hydrogen-bond acceptors (Lipinski definition) is 6. The lowest BCUT2D eigenvalue weighted by Crippen LogP contribution is -2.30. The third-order valence-electron chi connectivity index (χ3n) is 11.6. The molecule has 0 N–H and O–H groups in total. The third kappa shape index (κ3) is 53.2. The highest BCUT2D eigenvalue weighted by molar-refractivity contribution is 5.71. The van der Waals surface area contributed by atoms with Crippen LogP contribution in [0.3, 0.4) is 0 Å². The summed E-state index contributed by atoms with van der Waals surface area (Å²) >= 11 is 0. The highest BCUT2D eigenvalue weighted by atomic mass is 16.6. The van der Waals surface area contributed by atoms with Crippen molar-refractivity contribution in [1.82, 2.24) is 0 Å². The van der Waals surface area contributed by atoms with Crippen LogP contribution < -0.4 is 0 Å². The molecule has 0 aliphatic carbocycles. The molecule has 1 unspecified atom stereocenters. The molecule has 382 valence electrons. The lowest BCUT2D eigenvalue weighted by atomic mass is 10.1. The molecule has 0 radical (unpaired) electrons. The molecule has 0 aromatic rings. The van der Waals surface area contributed by atoms with Gasteiger partial charge in [0, 0.05) is 19.3 Å². The van der Waals surface area contributed by atoms with Crippen LogP contribution in [0.2, 0.25) is 0 Å². The van der Waals surface area contributed by atoms with Crippen molar-refractivity contribution in [3.63, 3.8) is 0 Å². The second-order valence-electron chi connectivity index (χ2n) is 18.1. The van der Waals surface area contributed by atoms with Gasteiger partial charge in [-0.3, -0.25) is 14.4 Å². The molecule has 0 saturated carbocycles. The van der Waals surface area contributed by atoms with Crippen LogP contribution in [-0.4, -0.2) is 37.2 Å². The van der Waals surface area contributed by atoms with Crippen molar-refractivity contribution in [2.24, 2.45) is 0 Å². The molecule has 6 heteroatoms. The fourth-order valence-corrected chi connectivity index (χ4v) is 7.46. The molecule has 0 saturated heterocycles. The predicted octanol–water partition coefficient (Wildman–Crippen LogP) is 18.5. The Hall–Kier alpha value is -3.67. The third-order valence-corrected chi connectivity index (χ3v) is 11.6. The number of hydrogen-bond donors (Lipinski definition) is 0. The summed E-state index contributed by atoms with van der Waals surface area (Å²) in [5.74, 6) is -0.895. The van der Waals surface area contributed by atoms with E-state index in [9.17, 15) is 14.4 Å². The number of allylic oxidation sites excluding steroid dienone is 16. The van der Waals surface area contributed by atoms with Gasteiger partial charge >= 0.3 is 17.9 Å². The summed E-state index contributed by atoms with van der Waals surface area (Å²) in [6.45, 7) is 6.42. The maximum Gasteiger partial charge on any atom is 0.306 e. The monoisotopic (exact) mass is 931 g/mol. The van der Waals surface area contributed by atoms with Gasteiger partial charge in [-0.15, -0.1) is 0 Å². The summed E-state index contributed by atoms with van der Waals surface area (Å²) < 4.78 is 16.6. The quantitative estimate of drug-likeness (QED) is 0.0262. The van der Waals surface area contributed by atoms with Gasteiger partial charge in [0.15, 0.2) is 6.10 Å². The van der Waals surface area contributed by atoms with Gasteiger partial charge in [-0.05, 0) is 83.5 Å².